The molecule has 0 spiro atoms. The molecule has 0 unspecified atom stereocenters. The number of aliphatic hydroxyl groups is 1. The summed E-state index contributed by atoms with van der Waals surface area (Å²) in [4.78, 5) is 11.3. The van der Waals surface area contributed by atoms with E-state index in [1.165, 1.54) is 12.1 Å². The van der Waals surface area contributed by atoms with Gasteiger partial charge in [0.2, 0.25) is 0 Å². The number of aromatic amines is 1. The van der Waals surface area contributed by atoms with Gasteiger partial charge in [-0.15, -0.1) is 0 Å². The lowest BCUT2D eigenvalue weighted by Gasteiger charge is -2.21. The molecular weight excluding hydrogens is 383 g/mol. The highest BCUT2D eigenvalue weighted by atomic mass is 19.1. The molecule has 0 aliphatic rings. The Morgan fingerprint density at radius 3 is 2.77 bits per heavy atom. The van der Waals surface area contributed by atoms with Gasteiger partial charge in [-0.25, -0.2) is 14.4 Å². The van der Waals surface area contributed by atoms with Crippen molar-refractivity contribution in [3.05, 3.63) is 72.1 Å². The Bertz CT molecular complexity index is 1150. The number of fused-ring (bicyclic) bond motifs is 1. The minimum atomic E-state index is -0.494. The third-order valence-electron chi connectivity index (χ3n) is 5.00. The van der Waals surface area contributed by atoms with Crippen LogP contribution >= 0.6 is 0 Å². The number of hydrogen-bond acceptors (Lipinski definition) is 6. The van der Waals surface area contributed by atoms with Gasteiger partial charge in [0.05, 0.1) is 24.4 Å². The largest absolute Gasteiger partial charge is 0.395 e. The van der Waals surface area contributed by atoms with E-state index in [9.17, 15) is 9.50 Å². The molecule has 154 valence electrons. The zero-order valence-electron chi connectivity index (χ0n) is 16.6. The molecule has 0 amide bonds. The average Bonchev–Trinajstić information content (AvgIpc) is 3.27. The fourth-order valence-corrected chi connectivity index (χ4v) is 3.44. The molecule has 30 heavy (non-hydrogen) atoms. The molecule has 0 fully saturated rings. The molecule has 4 aromatic rings. The third-order valence-corrected chi connectivity index (χ3v) is 5.00. The van der Waals surface area contributed by atoms with Gasteiger partial charge in [-0.05, 0) is 41.8 Å². The Balaban J connectivity index is 1.76. The first-order valence-electron chi connectivity index (χ1n) is 9.68. The second kappa shape index (κ2) is 8.56. The molecule has 4 N–H and O–H groups in total. The summed E-state index contributed by atoms with van der Waals surface area (Å²) in [6.45, 7) is 0.411. The van der Waals surface area contributed by atoms with Gasteiger partial charge < -0.3 is 15.7 Å². The summed E-state index contributed by atoms with van der Waals surface area (Å²) in [6, 6.07) is 11.8. The number of aromatic nitrogens is 4. The maximum absolute atomic E-state index is 13.5. The van der Waals surface area contributed by atoms with E-state index in [1.807, 2.05) is 42.4 Å². The number of nitrogens with zero attached hydrogens (tertiary/aromatic N) is 4. The van der Waals surface area contributed by atoms with Crippen molar-refractivity contribution in [1.29, 1.82) is 0 Å². The third kappa shape index (κ3) is 4.14. The summed E-state index contributed by atoms with van der Waals surface area (Å²) < 4.78 is 13.5. The Labute approximate surface area is 173 Å². The van der Waals surface area contributed by atoms with Gasteiger partial charge in [0.1, 0.15) is 17.5 Å². The highest BCUT2D eigenvalue weighted by Crippen LogP contribution is 2.30. The molecule has 8 heteroatoms. The summed E-state index contributed by atoms with van der Waals surface area (Å²) in [6.07, 6.45) is 3.99. The van der Waals surface area contributed by atoms with Gasteiger partial charge in [-0.2, -0.15) is 5.10 Å². The molecule has 0 saturated heterocycles. The predicted molar refractivity (Wildman–Crippen MR) is 115 cm³/mol. The van der Waals surface area contributed by atoms with Crippen molar-refractivity contribution < 1.29 is 9.50 Å². The number of nitrogens with two attached hydrogens (primary N) is 1. The zero-order chi connectivity index (χ0) is 21.1. The summed E-state index contributed by atoms with van der Waals surface area (Å²) in [5.41, 5.74) is 9.87. The number of hydrogen-bond donors (Lipinski definition) is 3. The van der Waals surface area contributed by atoms with E-state index < -0.39 is 6.04 Å². The van der Waals surface area contributed by atoms with Crippen LogP contribution in [0.1, 0.15) is 17.4 Å². The number of halogens is 1. The van der Waals surface area contributed by atoms with Crippen molar-refractivity contribution in [1.82, 2.24) is 20.2 Å². The Morgan fingerprint density at radius 2 is 2.03 bits per heavy atom. The van der Waals surface area contributed by atoms with Crippen molar-refractivity contribution in [3.63, 3.8) is 0 Å². The van der Waals surface area contributed by atoms with E-state index in [0.717, 1.165) is 27.6 Å². The fraction of sp³-hybridized carbons (Fsp3) is 0.227. The SMILES string of the molecule is CN(CCO)c1nc([C@H](N)Cc2cccc(F)c2)nc2ccc(-c3cn[nH]c3)cc12. The molecular formula is C22H23FN6O. The number of aliphatic hydroxyl groups excluding tert-OH is 1. The normalized spacial score (nSPS) is 12.3. The maximum atomic E-state index is 13.5. The molecule has 2 aromatic carbocycles. The van der Waals surface area contributed by atoms with Crippen LogP contribution in [0.25, 0.3) is 22.0 Å². The smallest absolute Gasteiger partial charge is 0.148 e. The van der Waals surface area contributed by atoms with E-state index >= 15 is 0 Å². The lowest BCUT2D eigenvalue weighted by molar-refractivity contribution is 0.304. The molecule has 1 atom stereocenters. The van der Waals surface area contributed by atoms with Gasteiger partial charge in [0, 0.05) is 30.7 Å². The molecule has 2 heterocycles. The van der Waals surface area contributed by atoms with E-state index in [-0.39, 0.29) is 12.4 Å². The number of benzene rings is 2. The van der Waals surface area contributed by atoms with Crippen LogP contribution in [-0.2, 0) is 6.42 Å². The van der Waals surface area contributed by atoms with Crippen LogP contribution < -0.4 is 10.6 Å². The van der Waals surface area contributed by atoms with Crippen molar-refractivity contribution in [3.8, 4) is 11.1 Å². The molecule has 0 saturated carbocycles. The van der Waals surface area contributed by atoms with Crippen LogP contribution in [0, 0.1) is 5.82 Å². The van der Waals surface area contributed by atoms with Crippen LogP contribution in [0.15, 0.2) is 54.9 Å². The highest BCUT2D eigenvalue weighted by molar-refractivity contribution is 5.93. The summed E-state index contributed by atoms with van der Waals surface area (Å²) in [5, 5.41) is 17.1. The lowest BCUT2D eigenvalue weighted by atomic mass is 10.0. The van der Waals surface area contributed by atoms with E-state index in [0.29, 0.717) is 24.6 Å². The maximum Gasteiger partial charge on any atom is 0.148 e. The van der Waals surface area contributed by atoms with Crippen molar-refractivity contribution in [2.45, 2.75) is 12.5 Å². The number of H-pyrrole nitrogens is 1. The number of nitrogens with one attached hydrogen (secondary N) is 1. The van der Waals surface area contributed by atoms with Gasteiger partial charge in [-0.1, -0.05) is 18.2 Å². The van der Waals surface area contributed by atoms with Crippen LogP contribution in [0.5, 0.6) is 0 Å². The quantitative estimate of drug-likeness (QED) is 0.436. The first-order chi connectivity index (χ1) is 14.5. The number of rotatable bonds is 7. The zero-order valence-corrected chi connectivity index (χ0v) is 16.6. The van der Waals surface area contributed by atoms with E-state index in [1.54, 1.807) is 12.3 Å². The van der Waals surface area contributed by atoms with Crippen LogP contribution in [0.3, 0.4) is 0 Å². The molecule has 0 aliphatic carbocycles. The lowest BCUT2D eigenvalue weighted by Crippen LogP contribution is -2.25. The predicted octanol–water partition coefficient (Wildman–Crippen LogP) is 2.83. The summed E-state index contributed by atoms with van der Waals surface area (Å²) in [5.74, 6) is 0.862. The van der Waals surface area contributed by atoms with Crippen LogP contribution in [-0.4, -0.2) is 45.5 Å². The molecule has 0 aliphatic heterocycles. The minimum absolute atomic E-state index is 0.00586. The van der Waals surface area contributed by atoms with Gasteiger partial charge in [0.25, 0.3) is 0 Å². The molecule has 7 nitrogen and oxygen atoms in total. The second-order valence-corrected chi connectivity index (χ2v) is 7.21. The van der Waals surface area contributed by atoms with E-state index in [4.69, 9.17) is 10.7 Å². The first kappa shape index (κ1) is 19.9. The number of likely N-dealkylation sites (N-methyl/N-ethyl adjacent to an activating group) is 1. The standard InChI is InChI=1S/C22H23FN6O/c1-29(7-8-30)22-18-11-15(16-12-25-26-13-16)5-6-20(18)27-21(28-22)19(24)10-14-3-2-4-17(23)9-14/h2-6,9,11-13,19,30H,7-8,10,24H2,1H3,(H,25,26)/t19-/m1/s1. The van der Waals surface area contributed by atoms with Crippen molar-refractivity contribution in [2.75, 3.05) is 25.1 Å². The minimum Gasteiger partial charge on any atom is -0.395 e. The monoisotopic (exact) mass is 406 g/mol. The Morgan fingerprint density at radius 1 is 1.17 bits per heavy atom. The average molecular weight is 406 g/mol. The molecule has 0 radical (unpaired) electrons. The molecule has 0 bridgehead atoms. The summed E-state index contributed by atoms with van der Waals surface area (Å²) in [7, 11) is 1.87. The van der Waals surface area contributed by atoms with Crippen LogP contribution in [0.4, 0.5) is 10.2 Å². The number of anilines is 1. The molecule has 4 rings (SSSR count). The topological polar surface area (TPSA) is 104 Å². The Hall–Kier alpha value is -3.36. The Kier molecular flexibility index (Phi) is 5.69. The van der Waals surface area contributed by atoms with Crippen molar-refractivity contribution in [2.24, 2.45) is 5.73 Å². The van der Waals surface area contributed by atoms with Gasteiger partial charge in [0.15, 0.2) is 0 Å². The molecule has 2 aromatic heterocycles. The van der Waals surface area contributed by atoms with E-state index in [2.05, 4.69) is 15.2 Å². The first-order valence-corrected chi connectivity index (χ1v) is 9.68. The summed E-state index contributed by atoms with van der Waals surface area (Å²) >= 11 is 0. The van der Waals surface area contributed by atoms with Gasteiger partial charge in [-0.3, -0.25) is 5.10 Å². The van der Waals surface area contributed by atoms with Crippen molar-refractivity contribution >= 4 is 16.7 Å². The fourth-order valence-electron chi connectivity index (χ4n) is 3.44. The van der Waals surface area contributed by atoms with Crippen LogP contribution in [0.2, 0.25) is 0 Å². The second-order valence-electron chi connectivity index (χ2n) is 7.21. The highest BCUT2D eigenvalue weighted by Gasteiger charge is 2.17. The van der Waals surface area contributed by atoms with Gasteiger partial charge >= 0.3 is 0 Å².